The van der Waals surface area contributed by atoms with Crippen LogP contribution < -0.4 is 0 Å². The Morgan fingerprint density at radius 3 is 2.09 bits per heavy atom. The highest BCUT2D eigenvalue weighted by Crippen LogP contribution is 2.39. The summed E-state index contributed by atoms with van der Waals surface area (Å²) in [6, 6.07) is 21.4. The second-order valence-electron chi connectivity index (χ2n) is 6.84. The molecule has 0 amide bonds. The van der Waals surface area contributed by atoms with Crippen LogP contribution >= 0.6 is 0 Å². The Morgan fingerprint density at radius 2 is 1.48 bits per heavy atom. The Balaban J connectivity index is 1.78. The van der Waals surface area contributed by atoms with Gasteiger partial charge in [-0.3, -0.25) is 4.79 Å². The average molecular weight is 307 g/mol. The quantitative estimate of drug-likeness (QED) is 0.825. The molecule has 0 saturated heterocycles. The normalized spacial score (nSPS) is 17.4. The van der Waals surface area contributed by atoms with Crippen molar-refractivity contribution < 1.29 is 4.79 Å². The van der Waals surface area contributed by atoms with Gasteiger partial charge in [-0.05, 0) is 31.0 Å². The molecule has 1 aliphatic rings. The largest absolute Gasteiger partial charge is 0.301 e. The molecule has 0 aliphatic heterocycles. The van der Waals surface area contributed by atoms with E-state index in [-0.39, 0.29) is 5.41 Å². The molecule has 0 aromatic heterocycles. The predicted molar refractivity (Wildman–Crippen MR) is 94.4 cm³/mol. The van der Waals surface area contributed by atoms with Gasteiger partial charge < -0.3 is 4.90 Å². The first-order chi connectivity index (χ1) is 11.2. The van der Waals surface area contributed by atoms with Gasteiger partial charge in [-0.1, -0.05) is 60.7 Å². The second kappa shape index (κ2) is 7.10. The number of carbonyl (C=O) groups excluding carboxylic acids is 1. The van der Waals surface area contributed by atoms with E-state index in [0.717, 1.165) is 25.9 Å². The summed E-state index contributed by atoms with van der Waals surface area (Å²) in [4.78, 5) is 14.1. The van der Waals surface area contributed by atoms with Crippen LogP contribution in [0.1, 0.15) is 36.8 Å². The van der Waals surface area contributed by atoms with Crippen LogP contribution in [0.15, 0.2) is 60.7 Å². The molecule has 0 spiro atoms. The third-order valence-electron chi connectivity index (χ3n) is 5.02. The lowest BCUT2D eigenvalue weighted by molar-refractivity contribution is -0.121. The van der Waals surface area contributed by atoms with E-state index in [1.165, 1.54) is 11.1 Å². The molecule has 0 unspecified atom stereocenters. The molecule has 23 heavy (non-hydrogen) atoms. The van der Waals surface area contributed by atoms with E-state index >= 15 is 0 Å². The highest BCUT2D eigenvalue weighted by molar-refractivity contribution is 5.79. The van der Waals surface area contributed by atoms with Gasteiger partial charge in [0.15, 0.2) is 0 Å². The minimum atomic E-state index is 0.110. The molecule has 1 fully saturated rings. The summed E-state index contributed by atoms with van der Waals surface area (Å²) in [5.74, 6) is 0.419. The number of hydrogen-bond acceptors (Lipinski definition) is 2. The van der Waals surface area contributed by atoms with E-state index in [0.29, 0.717) is 18.6 Å². The Hall–Kier alpha value is -1.93. The summed E-state index contributed by atoms with van der Waals surface area (Å²) in [5, 5.41) is 0. The molecule has 2 nitrogen and oxygen atoms in total. The molecule has 120 valence electrons. The van der Waals surface area contributed by atoms with E-state index in [9.17, 15) is 4.79 Å². The number of Topliss-reactive ketones (excluding diaryl/α,β-unsaturated/α-hetero) is 1. The first kappa shape index (κ1) is 15.9. The zero-order valence-electron chi connectivity index (χ0n) is 13.9. The third-order valence-corrected chi connectivity index (χ3v) is 5.02. The van der Waals surface area contributed by atoms with E-state index in [1.54, 1.807) is 0 Å². The number of ketones is 1. The van der Waals surface area contributed by atoms with Crippen LogP contribution in [0.5, 0.6) is 0 Å². The number of likely N-dealkylation sites (N-methyl/N-ethyl adjacent to an activating group) is 1. The summed E-state index contributed by atoms with van der Waals surface area (Å²) < 4.78 is 0. The van der Waals surface area contributed by atoms with Crippen molar-refractivity contribution in [2.75, 3.05) is 13.6 Å². The molecule has 0 heterocycles. The Labute approximate surface area is 139 Å². The maximum Gasteiger partial charge on any atom is 0.132 e. The van der Waals surface area contributed by atoms with Crippen LogP contribution in [0.4, 0.5) is 0 Å². The molecule has 2 aromatic carbocycles. The van der Waals surface area contributed by atoms with Gasteiger partial charge in [0.2, 0.25) is 0 Å². The van der Waals surface area contributed by atoms with Gasteiger partial charge in [0.25, 0.3) is 0 Å². The van der Waals surface area contributed by atoms with Gasteiger partial charge in [0.05, 0.1) is 0 Å². The highest BCUT2D eigenvalue weighted by atomic mass is 16.1. The van der Waals surface area contributed by atoms with Gasteiger partial charge in [0.1, 0.15) is 5.78 Å². The van der Waals surface area contributed by atoms with E-state index in [1.807, 2.05) is 0 Å². The van der Waals surface area contributed by atoms with Crippen LogP contribution in [-0.2, 0) is 16.8 Å². The molecule has 2 aromatic rings. The number of benzene rings is 2. The highest BCUT2D eigenvalue weighted by Gasteiger charge is 2.37. The lowest BCUT2D eigenvalue weighted by Gasteiger charge is -2.40. The fourth-order valence-corrected chi connectivity index (χ4v) is 3.80. The predicted octanol–water partition coefficient (Wildman–Crippen LogP) is 4.20. The number of hydrogen-bond donors (Lipinski definition) is 0. The van der Waals surface area contributed by atoms with Crippen LogP contribution in [0.25, 0.3) is 0 Å². The SMILES string of the molecule is CN(Cc1ccccc1)CC1(c2ccccc2)CCC(=O)CC1. The monoisotopic (exact) mass is 307 g/mol. The smallest absolute Gasteiger partial charge is 0.132 e. The summed E-state index contributed by atoms with van der Waals surface area (Å²) in [7, 11) is 2.19. The van der Waals surface area contributed by atoms with Crippen molar-refractivity contribution in [3.63, 3.8) is 0 Å². The zero-order valence-corrected chi connectivity index (χ0v) is 13.9. The molecule has 1 aliphatic carbocycles. The summed E-state index contributed by atoms with van der Waals surface area (Å²) in [6.07, 6.45) is 3.37. The van der Waals surface area contributed by atoms with E-state index in [2.05, 4.69) is 72.6 Å². The molecule has 2 heteroatoms. The molecule has 0 bridgehead atoms. The van der Waals surface area contributed by atoms with Gasteiger partial charge in [-0.25, -0.2) is 0 Å². The van der Waals surface area contributed by atoms with Crippen LogP contribution in [0, 0.1) is 0 Å². The lowest BCUT2D eigenvalue weighted by Crippen LogP contribution is -2.42. The van der Waals surface area contributed by atoms with Crippen LogP contribution in [-0.4, -0.2) is 24.3 Å². The van der Waals surface area contributed by atoms with Crippen molar-refractivity contribution in [3.05, 3.63) is 71.8 Å². The van der Waals surface area contributed by atoms with Crippen LogP contribution in [0.3, 0.4) is 0 Å². The molecular formula is C21H25NO. The Kier molecular flexibility index (Phi) is 4.92. The number of rotatable bonds is 5. The molecule has 3 rings (SSSR count). The second-order valence-corrected chi connectivity index (χ2v) is 6.84. The molecule has 0 atom stereocenters. The molecule has 1 saturated carbocycles. The number of nitrogens with zero attached hydrogens (tertiary/aromatic N) is 1. The minimum Gasteiger partial charge on any atom is -0.301 e. The first-order valence-electron chi connectivity index (χ1n) is 8.48. The van der Waals surface area contributed by atoms with Crippen molar-refractivity contribution in [2.24, 2.45) is 0 Å². The van der Waals surface area contributed by atoms with Crippen LogP contribution in [0.2, 0.25) is 0 Å². The van der Waals surface area contributed by atoms with Gasteiger partial charge >= 0.3 is 0 Å². The minimum absolute atomic E-state index is 0.110. The first-order valence-corrected chi connectivity index (χ1v) is 8.48. The zero-order chi connectivity index (χ0) is 16.1. The lowest BCUT2D eigenvalue weighted by atomic mass is 9.68. The molecular weight excluding hydrogens is 282 g/mol. The van der Waals surface area contributed by atoms with Crippen molar-refractivity contribution in [1.29, 1.82) is 0 Å². The average Bonchev–Trinajstić information content (AvgIpc) is 2.59. The third kappa shape index (κ3) is 3.89. The van der Waals surface area contributed by atoms with Crippen molar-refractivity contribution >= 4 is 5.78 Å². The topological polar surface area (TPSA) is 20.3 Å². The summed E-state index contributed by atoms with van der Waals surface area (Å²) >= 11 is 0. The van der Waals surface area contributed by atoms with E-state index < -0.39 is 0 Å². The van der Waals surface area contributed by atoms with Gasteiger partial charge in [-0.2, -0.15) is 0 Å². The molecule has 0 N–H and O–H groups in total. The maximum absolute atomic E-state index is 11.7. The fourth-order valence-electron chi connectivity index (χ4n) is 3.80. The summed E-state index contributed by atoms with van der Waals surface area (Å²) in [6.45, 7) is 1.95. The Morgan fingerprint density at radius 1 is 0.913 bits per heavy atom. The van der Waals surface area contributed by atoms with E-state index in [4.69, 9.17) is 0 Å². The fraction of sp³-hybridized carbons (Fsp3) is 0.381. The van der Waals surface area contributed by atoms with Crippen molar-refractivity contribution in [3.8, 4) is 0 Å². The van der Waals surface area contributed by atoms with Crippen molar-refractivity contribution in [1.82, 2.24) is 4.90 Å². The standard InChI is InChI=1S/C21H25NO/c1-22(16-18-8-4-2-5-9-18)17-21(14-12-20(23)13-15-21)19-10-6-3-7-11-19/h2-11H,12-17H2,1H3. The molecule has 0 radical (unpaired) electrons. The van der Waals surface area contributed by atoms with Gasteiger partial charge in [0, 0.05) is 31.3 Å². The summed E-state index contributed by atoms with van der Waals surface area (Å²) in [5.41, 5.74) is 2.83. The maximum atomic E-state index is 11.7. The number of carbonyl (C=O) groups is 1. The Bertz CT molecular complexity index is 625. The van der Waals surface area contributed by atoms with Crippen molar-refractivity contribution in [2.45, 2.75) is 37.6 Å². The van der Waals surface area contributed by atoms with Gasteiger partial charge in [-0.15, -0.1) is 0 Å².